The Hall–Kier alpha value is -12.0. The van der Waals surface area contributed by atoms with Crippen LogP contribution in [-0.4, -0.2) is 135 Å². The lowest BCUT2D eigenvalue weighted by atomic mass is 9.89. The Kier molecular flexibility index (Phi) is 21.7. The van der Waals surface area contributed by atoms with Gasteiger partial charge in [0.15, 0.2) is 11.0 Å². The molecule has 9 aromatic heterocycles. The van der Waals surface area contributed by atoms with E-state index < -0.39 is 39.7 Å². The summed E-state index contributed by atoms with van der Waals surface area (Å²) in [6.07, 6.45) is 4.27. The SMILES string of the molecule is CCOC(=O)C(C)(C)c1nnc(-c2cc(-c3ccon3)n(Cc3ccccc3F)n2)[nH]c1=O.CCOC(=O)C(C)(C)c1nnc(-c2cc(-c3ccon3)n(Cc3ccccc3F)n2)nc1Cl.CCOC(=O)C(C)(C)c1nnc(-c2cc(-c3ccon3)n(Cc3ccccc3F)n2)nc1OC. The van der Waals surface area contributed by atoms with Crippen LogP contribution in [0.15, 0.2) is 146 Å². The Labute approximate surface area is 572 Å². The Bertz CT molecular complexity index is 4900. The van der Waals surface area contributed by atoms with Crippen molar-refractivity contribution in [2.24, 2.45) is 0 Å². The van der Waals surface area contributed by atoms with Crippen molar-refractivity contribution < 1.29 is 60.1 Å². The average molecular weight is 1390 g/mol. The minimum Gasteiger partial charge on any atom is -0.480 e. The molecule has 0 saturated heterocycles. The van der Waals surface area contributed by atoms with Crippen LogP contribution >= 0.6 is 11.6 Å². The van der Waals surface area contributed by atoms with Gasteiger partial charge in [-0.3, -0.25) is 33.2 Å². The van der Waals surface area contributed by atoms with Crippen LogP contribution in [0.5, 0.6) is 5.88 Å². The van der Waals surface area contributed by atoms with Crippen molar-refractivity contribution in [1.82, 2.24) is 90.4 Å². The number of hydrogen-bond donors (Lipinski definition) is 1. The third-order valence-electron chi connectivity index (χ3n) is 15.3. The molecule has 3 aromatic carbocycles. The molecule has 1 N–H and O–H groups in total. The summed E-state index contributed by atoms with van der Waals surface area (Å²) in [4.78, 5) is 61.1. The van der Waals surface area contributed by atoms with Crippen LogP contribution in [0.4, 0.5) is 13.2 Å². The molecule has 12 rings (SSSR count). The molecule has 0 amide bonds. The molecule has 12 aromatic rings. The number of nitrogens with zero attached hydrogens (tertiary/aromatic N) is 17. The van der Waals surface area contributed by atoms with Crippen LogP contribution in [0, 0.1) is 17.5 Å². The number of H-pyrrole nitrogens is 1. The number of benzene rings is 3. The lowest BCUT2D eigenvalue weighted by molar-refractivity contribution is -0.149. The number of aromatic nitrogens is 18. The maximum atomic E-state index is 14.3. The highest BCUT2D eigenvalue weighted by Crippen LogP contribution is 2.34. The summed E-state index contributed by atoms with van der Waals surface area (Å²) in [5.41, 5.74) is 1.67. The number of hydrogen-bond acceptors (Lipinski definition) is 25. The van der Waals surface area contributed by atoms with Gasteiger partial charge in [-0.25, -0.2) is 18.2 Å². The number of nitrogens with one attached hydrogen (secondary N) is 1. The Morgan fingerprint density at radius 3 is 1.21 bits per heavy atom. The predicted octanol–water partition coefficient (Wildman–Crippen LogP) is 10.2. The molecule has 0 fully saturated rings. The molecule has 9 heterocycles. The normalized spacial score (nSPS) is 11.5. The van der Waals surface area contributed by atoms with Crippen LogP contribution in [-0.2, 0) is 64.5 Å². The molecule has 0 aliphatic carbocycles. The van der Waals surface area contributed by atoms with Crippen molar-refractivity contribution in [1.29, 1.82) is 0 Å². The fourth-order valence-corrected chi connectivity index (χ4v) is 10.2. The number of aromatic amines is 1. The lowest BCUT2D eigenvalue weighted by Gasteiger charge is -2.22. The Morgan fingerprint density at radius 2 is 0.840 bits per heavy atom. The van der Waals surface area contributed by atoms with E-state index >= 15 is 0 Å². The van der Waals surface area contributed by atoms with Gasteiger partial charge in [0.1, 0.15) is 104 Å². The Balaban J connectivity index is 0.000000162. The first-order valence-electron chi connectivity index (χ1n) is 30.8. The molecule has 0 radical (unpaired) electrons. The van der Waals surface area contributed by atoms with Gasteiger partial charge in [-0.05, 0) is 98.7 Å². The van der Waals surface area contributed by atoms with Gasteiger partial charge in [0.2, 0.25) is 17.5 Å². The molecule has 29 nitrogen and oxygen atoms in total. The smallest absolute Gasteiger partial charge is 0.317 e. The highest BCUT2D eigenvalue weighted by atomic mass is 35.5. The topological polar surface area (TPSA) is 356 Å². The number of ether oxygens (including phenoxy) is 4. The third-order valence-corrected chi connectivity index (χ3v) is 15.6. The van der Waals surface area contributed by atoms with Gasteiger partial charge >= 0.3 is 17.9 Å². The van der Waals surface area contributed by atoms with Crippen molar-refractivity contribution in [3.8, 4) is 74.6 Å². The van der Waals surface area contributed by atoms with E-state index in [2.05, 4.69) is 76.3 Å². The van der Waals surface area contributed by atoms with Crippen molar-refractivity contribution >= 4 is 29.5 Å². The summed E-state index contributed by atoms with van der Waals surface area (Å²) in [5, 5.41) is 50.2. The molecular formula is C67H64ClF3N18O11. The molecule has 0 aliphatic heterocycles. The first-order chi connectivity index (χ1) is 48.0. The maximum Gasteiger partial charge on any atom is 0.317 e. The van der Waals surface area contributed by atoms with Crippen LogP contribution in [0.3, 0.4) is 0 Å². The second kappa shape index (κ2) is 30.6. The van der Waals surface area contributed by atoms with Crippen LogP contribution in [0.25, 0.3) is 68.7 Å². The highest BCUT2D eigenvalue weighted by molar-refractivity contribution is 6.30. The molecule has 516 valence electrons. The summed E-state index contributed by atoms with van der Waals surface area (Å²) in [7, 11) is 1.43. The van der Waals surface area contributed by atoms with E-state index in [1.807, 2.05) is 0 Å². The van der Waals surface area contributed by atoms with E-state index in [-0.39, 0.29) is 108 Å². The van der Waals surface area contributed by atoms with Gasteiger partial charge in [0, 0.05) is 34.9 Å². The highest BCUT2D eigenvalue weighted by Gasteiger charge is 2.40. The van der Waals surface area contributed by atoms with Crippen molar-refractivity contribution in [2.75, 3.05) is 26.9 Å². The minimum atomic E-state index is -1.29. The second-order valence-corrected chi connectivity index (χ2v) is 23.7. The van der Waals surface area contributed by atoms with Crippen LogP contribution in [0.1, 0.15) is 96.1 Å². The lowest BCUT2D eigenvalue weighted by Crippen LogP contribution is -2.38. The number of esters is 3. The first kappa shape index (κ1) is 70.8. The van der Waals surface area contributed by atoms with Gasteiger partial charge in [-0.1, -0.05) is 81.7 Å². The summed E-state index contributed by atoms with van der Waals surface area (Å²) in [6.45, 7) is 15.8. The summed E-state index contributed by atoms with van der Waals surface area (Å²) in [6, 6.07) is 29.2. The second-order valence-electron chi connectivity index (χ2n) is 23.3. The fourth-order valence-electron chi connectivity index (χ4n) is 9.80. The standard InChI is InChI=1S/C23H23FN6O4.C22H20ClFN6O3.C22H21FN6O4/c1-5-33-22(31)23(2,3)19-21(32-4)25-20(27-26-19)17-12-18(16-10-11-34-29-16)30(28-17)13-14-8-6-7-9-15(14)24;1-4-32-21(31)22(2,3)18-19(23)25-20(27-26-18)16-11-17(15-9-10-33-29-15)30(28-16)12-13-7-5-6-8-14(13)24;1-4-32-21(31)22(2,3)18-20(30)24-19(26-25-18)16-11-17(15-9-10-33-28-15)29(27-16)12-13-7-5-6-8-14(13)23/h6-12H,5,13H2,1-4H3;5-11H,4,12H2,1-3H3;5-11H,4,12H2,1-3H3,(H,24,26,30). The van der Waals surface area contributed by atoms with Crippen molar-refractivity contribution in [3.63, 3.8) is 0 Å². The van der Waals surface area contributed by atoms with E-state index in [4.69, 9.17) is 44.1 Å². The third kappa shape index (κ3) is 15.5. The molecule has 0 bridgehead atoms. The van der Waals surface area contributed by atoms with Crippen molar-refractivity contribution in [3.05, 3.63) is 195 Å². The minimum absolute atomic E-state index is 0.00435. The van der Waals surface area contributed by atoms with Crippen molar-refractivity contribution in [2.45, 2.75) is 98.2 Å². The van der Waals surface area contributed by atoms with Gasteiger partial charge in [-0.15, -0.1) is 30.6 Å². The summed E-state index contributed by atoms with van der Waals surface area (Å²) < 4.78 is 83.0. The Morgan fingerprint density at radius 1 is 0.480 bits per heavy atom. The number of halogens is 4. The zero-order valence-corrected chi connectivity index (χ0v) is 56.2. The number of carbonyl (C=O) groups excluding carboxylic acids is 3. The monoisotopic (exact) mass is 1390 g/mol. The predicted molar refractivity (Wildman–Crippen MR) is 350 cm³/mol. The van der Waals surface area contributed by atoms with E-state index in [1.54, 1.807) is 149 Å². The number of methoxy groups -OCH3 is 1. The van der Waals surface area contributed by atoms with E-state index in [1.165, 1.54) is 62.6 Å². The van der Waals surface area contributed by atoms with Crippen LogP contribution in [0.2, 0.25) is 5.15 Å². The fraction of sp³-hybridized carbons (Fsp3) is 0.284. The number of carbonyl (C=O) groups is 3. The molecule has 33 heteroatoms. The van der Waals surface area contributed by atoms with Gasteiger partial charge < -0.3 is 37.5 Å². The first-order valence-corrected chi connectivity index (χ1v) is 31.2. The zero-order chi connectivity index (χ0) is 71.5. The molecular weight excluding hydrogens is 1330 g/mol. The van der Waals surface area contributed by atoms with Gasteiger partial charge in [0.05, 0.1) is 63.6 Å². The van der Waals surface area contributed by atoms with E-state index in [0.717, 1.165) is 0 Å². The quantitative estimate of drug-likeness (QED) is 0.0486. The summed E-state index contributed by atoms with van der Waals surface area (Å²) >= 11 is 6.37. The molecule has 100 heavy (non-hydrogen) atoms. The average Bonchev–Trinajstić information content (AvgIpc) is 1.46. The number of rotatable bonds is 22. The molecule has 0 spiro atoms. The molecule has 0 aliphatic rings. The van der Waals surface area contributed by atoms with E-state index in [9.17, 15) is 32.3 Å². The zero-order valence-electron chi connectivity index (χ0n) is 55.5. The largest absolute Gasteiger partial charge is 0.480 e. The summed E-state index contributed by atoms with van der Waals surface area (Å²) in [5.74, 6) is -2.12. The van der Waals surface area contributed by atoms with Gasteiger partial charge in [0.25, 0.3) is 5.56 Å². The van der Waals surface area contributed by atoms with E-state index in [0.29, 0.717) is 62.2 Å². The van der Waals surface area contributed by atoms with Gasteiger partial charge in [-0.2, -0.15) is 20.3 Å². The molecule has 0 atom stereocenters. The van der Waals surface area contributed by atoms with Crippen LogP contribution < -0.4 is 10.3 Å². The molecule has 0 unspecified atom stereocenters. The molecule has 0 saturated carbocycles. The maximum absolute atomic E-state index is 14.3.